The van der Waals surface area contributed by atoms with Gasteiger partial charge in [0.05, 0.1) is 12.7 Å². The lowest BCUT2D eigenvalue weighted by Crippen LogP contribution is -2.41. The summed E-state index contributed by atoms with van der Waals surface area (Å²) >= 11 is 0. The molecule has 1 atom stereocenters. The van der Waals surface area contributed by atoms with E-state index in [0.717, 1.165) is 18.4 Å². The van der Waals surface area contributed by atoms with E-state index in [1.165, 1.54) is 0 Å². The Morgan fingerprint density at radius 2 is 1.97 bits per heavy atom. The van der Waals surface area contributed by atoms with Crippen LogP contribution < -0.4 is 9.47 Å². The molecule has 150 valence electrons. The average molecular weight is 393 g/mol. The predicted octanol–water partition coefficient (Wildman–Crippen LogP) is 3.53. The fourth-order valence-corrected chi connectivity index (χ4v) is 3.50. The second kappa shape index (κ2) is 8.77. The number of amides is 1. The Kier molecular flexibility index (Phi) is 5.74. The molecule has 0 N–H and O–H groups in total. The summed E-state index contributed by atoms with van der Waals surface area (Å²) in [6.45, 7) is 1.29. The number of hydrogen-bond donors (Lipinski definition) is 0. The van der Waals surface area contributed by atoms with Crippen molar-refractivity contribution < 1.29 is 18.8 Å². The Hall–Kier alpha value is -3.35. The van der Waals surface area contributed by atoms with Gasteiger partial charge in [0.2, 0.25) is 0 Å². The topological polar surface area (TPSA) is 77.7 Å². The minimum absolute atomic E-state index is 0.0233. The van der Waals surface area contributed by atoms with Gasteiger partial charge in [0, 0.05) is 19.0 Å². The molecule has 3 aromatic rings. The molecule has 2 heterocycles. The SMILES string of the molecule is COc1ccccc1-c1nc([C@H]2CCCN(C(=O)COc3ccccc3)C2)no1. The number of piperidine rings is 1. The zero-order valence-corrected chi connectivity index (χ0v) is 16.3. The Labute approximate surface area is 169 Å². The number of aromatic nitrogens is 2. The lowest BCUT2D eigenvalue weighted by molar-refractivity contribution is -0.134. The number of benzene rings is 2. The molecule has 0 spiro atoms. The van der Waals surface area contributed by atoms with Crippen LogP contribution >= 0.6 is 0 Å². The molecule has 1 saturated heterocycles. The molecule has 1 aliphatic rings. The molecular weight excluding hydrogens is 370 g/mol. The highest BCUT2D eigenvalue weighted by Gasteiger charge is 2.28. The third kappa shape index (κ3) is 4.39. The van der Waals surface area contributed by atoms with Crippen LogP contribution in [0.1, 0.15) is 24.6 Å². The van der Waals surface area contributed by atoms with Gasteiger partial charge < -0.3 is 18.9 Å². The van der Waals surface area contributed by atoms with E-state index in [2.05, 4.69) is 10.1 Å². The Bertz CT molecular complexity index is 957. The number of likely N-dealkylation sites (tertiary alicyclic amines) is 1. The van der Waals surface area contributed by atoms with Gasteiger partial charge in [-0.25, -0.2) is 0 Å². The van der Waals surface area contributed by atoms with Crippen LogP contribution in [0.25, 0.3) is 11.5 Å². The first-order valence-electron chi connectivity index (χ1n) is 9.67. The van der Waals surface area contributed by atoms with Crippen molar-refractivity contribution in [3.63, 3.8) is 0 Å². The first-order chi connectivity index (χ1) is 14.2. The fraction of sp³-hybridized carbons (Fsp3) is 0.318. The number of ether oxygens (including phenoxy) is 2. The third-order valence-corrected chi connectivity index (χ3v) is 5.02. The Morgan fingerprint density at radius 3 is 2.79 bits per heavy atom. The molecule has 1 fully saturated rings. The standard InChI is InChI=1S/C22H23N3O4/c1-27-19-12-6-5-11-18(19)22-23-21(24-29-22)16-8-7-13-25(14-16)20(26)15-28-17-9-3-2-4-10-17/h2-6,9-12,16H,7-8,13-15H2,1H3/t16-/m0/s1. The molecule has 2 aromatic carbocycles. The van der Waals surface area contributed by atoms with Crippen molar-refractivity contribution in [2.24, 2.45) is 0 Å². The van der Waals surface area contributed by atoms with Crippen LogP contribution in [-0.2, 0) is 4.79 Å². The van der Waals surface area contributed by atoms with Crippen LogP contribution in [0.3, 0.4) is 0 Å². The Balaban J connectivity index is 1.41. The fourth-order valence-electron chi connectivity index (χ4n) is 3.50. The number of carbonyl (C=O) groups is 1. The second-order valence-electron chi connectivity index (χ2n) is 6.94. The quantitative estimate of drug-likeness (QED) is 0.638. The Morgan fingerprint density at radius 1 is 1.17 bits per heavy atom. The van der Waals surface area contributed by atoms with E-state index in [9.17, 15) is 4.79 Å². The number of para-hydroxylation sites is 2. The summed E-state index contributed by atoms with van der Waals surface area (Å²) in [5.74, 6) is 2.42. The molecule has 0 radical (unpaired) electrons. The highest BCUT2D eigenvalue weighted by atomic mass is 16.5. The largest absolute Gasteiger partial charge is 0.496 e. The normalized spacial score (nSPS) is 16.4. The lowest BCUT2D eigenvalue weighted by Gasteiger charge is -2.31. The van der Waals surface area contributed by atoms with Crippen LogP contribution in [0.15, 0.2) is 59.1 Å². The van der Waals surface area contributed by atoms with Gasteiger partial charge >= 0.3 is 0 Å². The molecule has 1 amide bonds. The molecule has 7 heteroatoms. The second-order valence-corrected chi connectivity index (χ2v) is 6.94. The molecule has 1 aromatic heterocycles. The first kappa shape index (κ1) is 19.0. The van der Waals surface area contributed by atoms with E-state index in [-0.39, 0.29) is 18.4 Å². The number of carbonyl (C=O) groups excluding carboxylic acids is 1. The van der Waals surface area contributed by atoms with Gasteiger partial charge in [-0.15, -0.1) is 0 Å². The van der Waals surface area contributed by atoms with Crippen LogP contribution in [0.5, 0.6) is 11.5 Å². The smallest absolute Gasteiger partial charge is 0.261 e. The number of hydrogen-bond acceptors (Lipinski definition) is 6. The molecule has 1 aliphatic heterocycles. The summed E-state index contributed by atoms with van der Waals surface area (Å²) in [6, 6.07) is 16.9. The van der Waals surface area contributed by atoms with Gasteiger partial charge in [0.1, 0.15) is 11.5 Å². The minimum Gasteiger partial charge on any atom is -0.496 e. The van der Waals surface area contributed by atoms with Crippen molar-refractivity contribution >= 4 is 5.91 Å². The van der Waals surface area contributed by atoms with Gasteiger partial charge in [-0.1, -0.05) is 35.5 Å². The number of rotatable bonds is 6. The molecule has 7 nitrogen and oxygen atoms in total. The van der Waals surface area contributed by atoms with Crippen molar-refractivity contribution in [2.45, 2.75) is 18.8 Å². The van der Waals surface area contributed by atoms with Gasteiger partial charge in [-0.2, -0.15) is 4.98 Å². The van der Waals surface area contributed by atoms with Gasteiger partial charge in [-0.3, -0.25) is 4.79 Å². The maximum absolute atomic E-state index is 12.6. The van der Waals surface area contributed by atoms with Gasteiger partial charge in [0.25, 0.3) is 11.8 Å². The van der Waals surface area contributed by atoms with Crippen molar-refractivity contribution in [2.75, 3.05) is 26.8 Å². The molecular formula is C22H23N3O4. The maximum Gasteiger partial charge on any atom is 0.261 e. The molecule has 4 rings (SSSR count). The predicted molar refractivity (Wildman–Crippen MR) is 107 cm³/mol. The highest BCUT2D eigenvalue weighted by molar-refractivity contribution is 5.78. The maximum atomic E-state index is 12.6. The van der Waals surface area contributed by atoms with Crippen LogP contribution in [0, 0.1) is 0 Å². The highest BCUT2D eigenvalue weighted by Crippen LogP contribution is 2.31. The zero-order valence-electron chi connectivity index (χ0n) is 16.3. The summed E-state index contributed by atoms with van der Waals surface area (Å²) in [6.07, 6.45) is 1.80. The average Bonchev–Trinajstić information content (AvgIpc) is 3.28. The van der Waals surface area contributed by atoms with Crippen LogP contribution in [0.2, 0.25) is 0 Å². The lowest BCUT2D eigenvalue weighted by atomic mass is 9.97. The van der Waals surface area contributed by atoms with E-state index in [0.29, 0.717) is 36.3 Å². The number of nitrogens with zero attached hydrogens (tertiary/aromatic N) is 3. The van der Waals surface area contributed by atoms with Gasteiger partial charge in [-0.05, 0) is 37.1 Å². The van der Waals surface area contributed by atoms with Gasteiger partial charge in [0.15, 0.2) is 12.4 Å². The molecule has 0 bridgehead atoms. The summed E-state index contributed by atoms with van der Waals surface area (Å²) in [4.78, 5) is 19.0. The molecule has 0 saturated carbocycles. The molecule has 0 aliphatic carbocycles. The van der Waals surface area contributed by atoms with E-state index in [1.54, 1.807) is 7.11 Å². The summed E-state index contributed by atoms with van der Waals surface area (Å²) < 4.78 is 16.4. The molecule has 0 unspecified atom stereocenters. The van der Waals surface area contributed by atoms with E-state index in [4.69, 9.17) is 14.0 Å². The summed E-state index contributed by atoms with van der Waals surface area (Å²) in [7, 11) is 1.61. The van der Waals surface area contributed by atoms with Crippen LogP contribution in [0.4, 0.5) is 0 Å². The minimum atomic E-state index is -0.0352. The summed E-state index contributed by atoms with van der Waals surface area (Å²) in [5, 5.41) is 4.17. The third-order valence-electron chi connectivity index (χ3n) is 5.02. The van der Waals surface area contributed by atoms with Crippen molar-refractivity contribution in [1.82, 2.24) is 15.0 Å². The first-order valence-corrected chi connectivity index (χ1v) is 9.67. The monoisotopic (exact) mass is 393 g/mol. The number of methoxy groups -OCH3 is 1. The molecule has 29 heavy (non-hydrogen) atoms. The van der Waals surface area contributed by atoms with Crippen molar-refractivity contribution in [3.8, 4) is 23.0 Å². The zero-order chi connectivity index (χ0) is 20.1. The van der Waals surface area contributed by atoms with E-state index < -0.39 is 0 Å². The van der Waals surface area contributed by atoms with E-state index in [1.807, 2.05) is 59.5 Å². The van der Waals surface area contributed by atoms with Crippen molar-refractivity contribution in [3.05, 3.63) is 60.4 Å². The van der Waals surface area contributed by atoms with Crippen LogP contribution in [-0.4, -0.2) is 47.8 Å². The van der Waals surface area contributed by atoms with E-state index >= 15 is 0 Å². The van der Waals surface area contributed by atoms with Crippen molar-refractivity contribution in [1.29, 1.82) is 0 Å². The summed E-state index contributed by atoms with van der Waals surface area (Å²) in [5.41, 5.74) is 0.758.